The number of imide groups is 1. The van der Waals surface area contributed by atoms with Crippen LogP contribution in [0.3, 0.4) is 0 Å². The number of aliphatic carboxylic acids is 1. The molecule has 0 unspecified atom stereocenters. The van der Waals surface area contributed by atoms with Gasteiger partial charge in [0.1, 0.15) is 5.75 Å². The SMILES string of the molecule is CCCC1=C2[C@@H](CC/C(=C/c3ccccc3O)CC)OB(O)C[C@@H]2[C@@H]2C(=O)N(CCCCCC(=O)O)C(=O)[C@@H]2C1. The van der Waals surface area contributed by atoms with Gasteiger partial charge in [0, 0.05) is 18.5 Å². The molecule has 216 valence electrons. The third-order valence-corrected chi connectivity index (χ3v) is 8.70. The Morgan fingerprint density at radius 1 is 1.10 bits per heavy atom. The molecule has 2 fully saturated rings. The fourth-order valence-corrected chi connectivity index (χ4v) is 6.81. The molecule has 40 heavy (non-hydrogen) atoms. The Morgan fingerprint density at radius 2 is 1.88 bits per heavy atom. The number of carbonyl (C=O) groups excluding carboxylic acids is 2. The zero-order chi connectivity index (χ0) is 28.8. The topological polar surface area (TPSA) is 124 Å². The van der Waals surface area contributed by atoms with Crippen LogP contribution in [0.5, 0.6) is 5.75 Å². The van der Waals surface area contributed by atoms with Gasteiger partial charge >= 0.3 is 13.1 Å². The average molecular weight is 551 g/mol. The summed E-state index contributed by atoms with van der Waals surface area (Å²) in [7, 11) is -0.999. The highest BCUT2D eigenvalue weighted by molar-refractivity contribution is 6.43. The van der Waals surface area contributed by atoms with Crippen molar-refractivity contribution in [2.75, 3.05) is 6.54 Å². The van der Waals surface area contributed by atoms with Gasteiger partial charge < -0.3 is 19.9 Å². The van der Waals surface area contributed by atoms with E-state index in [-0.39, 0.29) is 36.0 Å². The van der Waals surface area contributed by atoms with Crippen molar-refractivity contribution in [1.29, 1.82) is 0 Å². The summed E-state index contributed by atoms with van der Waals surface area (Å²) in [4.78, 5) is 39.3. The highest BCUT2D eigenvalue weighted by Gasteiger charge is 2.56. The number of benzene rings is 1. The summed E-state index contributed by atoms with van der Waals surface area (Å²) in [5, 5.41) is 29.8. The van der Waals surface area contributed by atoms with Crippen LogP contribution in [0.2, 0.25) is 6.32 Å². The number of unbranched alkanes of at least 4 members (excludes halogenated alkanes) is 2. The van der Waals surface area contributed by atoms with Crippen LogP contribution in [0.4, 0.5) is 0 Å². The number of phenolic OH excluding ortho intramolecular Hbond substituents is 1. The number of allylic oxidation sites excluding steroid dienone is 2. The lowest BCUT2D eigenvalue weighted by Gasteiger charge is -2.43. The van der Waals surface area contributed by atoms with Crippen molar-refractivity contribution < 1.29 is 34.3 Å². The second-order valence-corrected chi connectivity index (χ2v) is 11.4. The Morgan fingerprint density at radius 3 is 2.58 bits per heavy atom. The molecule has 3 aliphatic rings. The molecule has 0 aromatic heterocycles. The van der Waals surface area contributed by atoms with Gasteiger partial charge in [-0.05, 0) is 68.8 Å². The summed E-state index contributed by atoms with van der Waals surface area (Å²) in [6.07, 6.45) is 8.32. The largest absolute Gasteiger partial charge is 0.507 e. The van der Waals surface area contributed by atoms with Crippen molar-refractivity contribution in [2.24, 2.45) is 17.8 Å². The van der Waals surface area contributed by atoms with Gasteiger partial charge in [-0.15, -0.1) is 0 Å². The number of nitrogens with zero attached hydrogens (tertiary/aromatic N) is 1. The maximum absolute atomic E-state index is 13.6. The molecule has 9 heteroatoms. The number of likely N-dealkylation sites (tertiary alicyclic amines) is 1. The van der Waals surface area contributed by atoms with Gasteiger partial charge in [-0.1, -0.05) is 62.1 Å². The number of phenols is 1. The van der Waals surface area contributed by atoms with Gasteiger partial charge in [-0.3, -0.25) is 19.3 Å². The number of amides is 2. The standard InChI is InChI=1S/C31H42BNO7/c1-3-10-22-18-23-29(31(38)33(30(23)37)16-9-5-6-13-27(35)36)24-19-32(39)40-26(28(22)24)15-14-20(4-2)17-21-11-7-8-12-25(21)34/h7-8,11-12,17,23-24,26,29,34,39H,3-6,9-10,13-16,18-19H2,1-2H3,(H,35,36)/b20-17+/t23-,24+,26-,29-/m1/s1. The van der Waals surface area contributed by atoms with Crippen molar-refractivity contribution >= 4 is 31.0 Å². The first kappa shape index (κ1) is 30.1. The van der Waals surface area contributed by atoms with Crippen molar-refractivity contribution in [2.45, 2.75) is 90.5 Å². The molecule has 0 spiro atoms. The van der Waals surface area contributed by atoms with Crippen molar-refractivity contribution in [3.8, 4) is 5.75 Å². The lowest BCUT2D eigenvalue weighted by Crippen LogP contribution is -2.46. The van der Waals surface area contributed by atoms with E-state index in [1.54, 1.807) is 12.1 Å². The number of rotatable bonds is 13. The van der Waals surface area contributed by atoms with E-state index < -0.39 is 24.9 Å². The lowest BCUT2D eigenvalue weighted by atomic mass is 9.58. The van der Waals surface area contributed by atoms with E-state index in [4.69, 9.17) is 9.76 Å². The predicted octanol–water partition coefficient (Wildman–Crippen LogP) is 5.21. The minimum Gasteiger partial charge on any atom is -0.507 e. The maximum atomic E-state index is 13.6. The van der Waals surface area contributed by atoms with Crippen LogP contribution in [0.15, 0.2) is 41.0 Å². The van der Waals surface area contributed by atoms with Crippen LogP contribution in [0, 0.1) is 17.8 Å². The molecule has 2 aliphatic heterocycles. The van der Waals surface area contributed by atoms with E-state index in [0.717, 1.165) is 42.4 Å². The average Bonchev–Trinajstić information content (AvgIpc) is 3.16. The molecule has 0 radical (unpaired) electrons. The molecule has 2 amide bonds. The Bertz CT molecular complexity index is 1160. The highest BCUT2D eigenvalue weighted by atomic mass is 16.5. The molecular formula is C31H42BNO7. The Labute approximate surface area is 237 Å². The number of aromatic hydroxyl groups is 1. The normalized spacial score (nSPS) is 24.9. The first-order chi connectivity index (χ1) is 19.2. The van der Waals surface area contributed by atoms with Crippen LogP contribution >= 0.6 is 0 Å². The minimum atomic E-state index is -0.999. The molecule has 1 aliphatic carbocycles. The van der Waals surface area contributed by atoms with E-state index in [1.807, 2.05) is 18.2 Å². The van der Waals surface area contributed by atoms with Gasteiger partial charge in [0.05, 0.1) is 17.9 Å². The molecule has 4 atom stereocenters. The third-order valence-electron chi connectivity index (χ3n) is 8.70. The fourth-order valence-electron chi connectivity index (χ4n) is 6.81. The van der Waals surface area contributed by atoms with Gasteiger partial charge in [-0.2, -0.15) is 0 Å². The summed E-state index contributed by atoms with van der Waals surface area (Å²) in [6, 6.07) is 7.24. The predicted molar refractivity (Wildman–Crippen MR) is 153 cm³/mol. The van der Waals surface area contributed by atoms with Crippen LogP contribution in [-0.2, 0) is 19.0 Å². The molecule has 3 N–H and O–H groups in total. The Kier molecular flexibility index (Phi) is 10.2. The molecule has 2 heterocycles. The summed E-state index contributed by atoms with van der Waals surface area (Å²) in [5.41, 5.74) is 4.23. The number of carboxylic acid groups (broad SMARTS) is 1. The number of hydrogen-bond acceptors (Lipinski definition) is 6. The van der Waals surface area contributed by atoms with Crippen molar-refractivity contribution in [1.82, 2.24) is 4.90 Å². The molecule has 4 rings (SSSR count). The van der Waals surface area contributed by atoms with E-state index in [1.165, 1.54) is 10.5 Å². The summed E-state index contributed by atoms with van der Waals surface area (Å²) in [6.45, 7) is 4.50. The second kappa shape index (κ2) is 13.6. The molecular weight excluding hydrogens is 509 g/mol. The fraction of sp³-hybridized carbons (Fsp3) is 0.581. The summed E-state index contributed by atoms with van der Waals surface area (Å²) < 4.78 is 6.11. The first-order valence-corrected chi connectivity index (χ1v) is 14.8. The highest BCUT2D eigenvalue weighted by Crippen LogP contribution is 2.51. The second-order valence-electron chi connectivity index (χ2n) is 11.4. The zero-order valence-electron chi connectivity index (χ0n) is 23.7. The number of fused-ring (bicyclic) bond motifs is 3. The van der Waals surface area contributed by atoms with Gasteiger partial charge in [0.25, 0.3) is 0 Å². The quantitative estimate of drug-likeness (QED) is 0.133. The third kappa shape index (κ3) is 6.69. The van der Waals surface area contributed by atoms with Gasteiger partial charge in [0.2, 0.25) is 11.8 Å². The zero-order valence-corrected chi connectivity index (χ0v) is 23.7. The molecule has 1 aromatic rings. The van der Waals surface area contributed by atoms with E-state index in [0.29, 0.717) is 45.0 Å². The Balaban J connectivity index is 1.53. The van der Waals surface area contributed by atoms with Gasteiger partial charge in [0.15, 0.2) is 0 Å². The first-order valence-electron chi connectivity index (χ1n) is 14.8. The van der Waals surface area contributed by atoms with Crippen LogP contribution in [0.25, 0.3) is 6.08 Å². The number of para-hydroxylation sites is 1. The maximum Gasteiger partial charge on any atom is 0.455 e. The molecule has 8 nitrogen and oxygen atoms in total. The molecule has 0 saturated carbocycles. The molecule has 2 saturated heterocycles. The smallest absolute Gasteiger partial charge is 0.455 e. The summed E-state index contributed by atoms with van der Waals surface area (Å²) in [5.74, 6) is -2.00. The van der Waals surface area contributed by atoms with Gasteiger partial charge in [-0.25, -0.2) is 0 Å². The Hall–Kier alpha value is -2.91. The van der Waals surface area contributed by atoms with Crippen molar-refractivity contribution in [3.63, 3.8) is 0 Å². The number of carboxylic acids is 1. The lowest BCUT2D eigenvalue weighted by molar-refractivity contribution is -0.141. The monoisotopic (exact) mass is 551 g/mol. The summed E-state index contributed by atoms with van der Waals surface area (Å²) >= 11 is 0. The number of hydrogen-bond donors (Lipinski definition) is 3. The van der Waals surface area contributed by atoms with Crippen molar-refractivity contribution in [3.05, 3.63) is 46.5 Å². The van der Waals surface area contributed by atoms with E-state index >= 15 is 0 Å². The van der Waals surface area contributed by atoms with Crippen LogP contribution in [0.1, 0.15) is 83.6 Å². The van der Waals surface area contributed by atoms with Crippen LogP contribution in [-0.4, -0.2) is 57.7 Å². The number of carbonyl (C=O) groups is 3. The molecule has 0 bridgehead atoms. The minimum absolute atomic E-state index is 0.0869. The van der Waals surface area contributed by atoms with E-state index in [9.17, 15) is 24.5 Å². The van der Waals surface area contributed by atoms with Crippen LogP contribution < -0.4 is 0 Å². The molecule has 1 aromatic carbocycles. The van der Waals surface area contributed by atoms with E-state index in [2.05, 4.69) is 13.8 Å².